The van der Waals surface area contributed by atoms with Gasteiger partial charge in [-0.05, 0) is 24.3 Å². The number of hydrogen-bond acceptors (Lipinski definition) is 2. The monoisotopic (exact) mass is 172 g/mol. The molecule has 4 nitrogen and oxygen atoms in total. The molecule has 0 bridgehead atoms. The van der Waals surface area contributed by atoms with Crippen LogP contribution in [0.2, 0.25) is 0 Å². The second kappa shape index (κ2) is 4.55. The SMILES string of the molecule is [N-]=[N+]=NCC1CCN(P)CC1. The minimum absolute atomic E-state index is 0.614. The largest absolute Gasteiger partial charge is 0.287 e. The Hall–Kier alpha value is -0.300. The maximum atomic E-state index is 8.09. The zero-order valence-electron chi connectivity index (χ0n) is 6.48. The molecule has 0 aromatic carbocycles. The van der Waals surface area contributed by atoms with E-state index in [-0.39, 0.29) is 0 Å². The lowest BCUT2D eigenvalue weighted by atomic mass is 9.99. The van der Waals surface area contributed by atoms with E-state index in [1.165, 1.54) is 0 Å². The first-order valence-electron chi connectivity index (χ1n) is 3.83. The molecule has 0 aliphatic carbocycles. The average molecular weight is 172 g/mol. The van der Waals surface area contributed by atoms with Crippen LogP contribution in [0.3, 0.4) is 0 Å². The summed E-state index contributed by atoms with van der Waals surface area (Å²) in [6.45, 7) is 2.89. The Morgan fingerprint density at radius 2 is 2.18 bits per heavy atom. The van der Waals surface area contributed by atoms with E-state index in [2.05, 4.69) is 24.1 Å². The minimum atomic E-state index is 0.614. The van der Waals surface area contributed by atoms with E-state index in [0.717, 1.165) is 25.9 Å². The van der Waals surface area contributed by atoms with Gasteiger partial charge in [0.1, 0.15) is 0 Å². The first-order chi connectivity index (χ1) is 5.33. The molecule has 1 aliphatic heterocycles. The van der Waals surface area contributed by atoms with Gasteiger partial charge >= 0.3 is 0 Å². The third-order valence-electron chi connectivity index (χ3n) is 2.05. The quantitative estimate of drug-likeness (QED) is 0.271. The van der Waals surface area contributed by atoms with E-state index >= 15 is 0 Å². The van der Waals surface area contributed by atoms with Crippen LogP contribution in [-0.4, -0.2) is 24.3 Å². The van der Waals surface area contributed by atoms with Crippen molar-refractivity contribution >= 4 is 9.39 Å². The molecule has 0 spiro atoms. The molecular formula is C6H13N4P. The Kier molecular flexibility index (Phi) is 3.64. The zero-order chi connectivity index (χ0) is 8.10. The molecule has 0 aromatic heterocycles. The van der Waals surface area contributed by atoms with Gasteiger partial charge in [0.05, 0.1) is 0 Å². The van der Waals surface area contributed by atoms with Crippen LogP contribution >= 0.6 is 9.39 Å². The standard InChI is InChI=1S/C6H13N4P/c7-9-8-5-6-1-3-10(11)4-2-6/h6H,1-5,11H2. The van der Waals surface area contributed by atoms with Gasteiger partial charge in [-0.3, -0.25) is 4.67 Å². The minimum Gasteiger partial charge on any atom is -0.287 e. The molecule has 0 N–H and O–H groups in total. The molecule has 0 saturated carbocycles. The average Bonchev–Trinajstić information content (AvgIpc) is 2.04. The van der Waals surface area contributed by atoms with E-state index in [0.29, 0.717) is 12.5 Å². The molecule has 1 rings (SSSR count). The Bertz CT molecular complexity index is 158. The van der Waals surface area contributed by atoms with Gasteiger partial charge in [0, 0.05) is 24.5 Å². The van der Waals surface area contributed by atoms with Crippen LogP contribution in [0.5, 0.6) is 0 Å². The van der Waals surface area contributed by atoms with Crippen LogP contribution in [0.1, 0.15) is 12.8 Å². The van der Waals surface area contributed by atoms with Gasteiger partial charge in [0.25, 0.3) is 0 Å². The summed E-state index contributed by atoms with van der Waals surface area (Å²) in [7, 11) is 2.70. The number of piperidine rings is 1. The van der Waals surface area contributed by atoms with Gasteiger partial charge in [-0.2, -0.15) is 0 Å². The zero-order valence-corrected chi connectivity index (χ0v) is 7.63. The molecule has 1 atom stereocenters. The predicted molar refractivity (Wildman–Crippen MR) is 48.0 cm³/mol. The van der Waals surface area contributed by atoms with Crippen molar-refractivity contribution in [1.29, 1.82) is 0 Å². The fourth-order valence-electron chi connectivity index (χ4n) is 1.29. The predicted octanol–water partition coefficient (Wildman–Crippen LogP) is 1.80. The van der Waals surface area contributed by atoms with Crippen LogP contribution in [0.25, 0.3) is 10.4 Å². The highest BCUT2D eigenvalue weighted by atomic mass is 31.0. The van der Waals surface area contributed by atoms with Crippen LogP contribution in [-0.2, 0) is 0 Å². The Labute approximate surface area is 68.8 Å². The van der Waals surface area contributed by atoms with Crippen LogP contribution in [0.4, 0.5) is 0 Å². The van der Waals surface area contributed by atoms with E-state index in [1.54, 1.807) is 0 Å². The van der Waals surface area contributed by atoms with Crippen LogP contribution < -0.4 is 0 Å². The summed E-state index contributed by atoms with van der Waals surface area (Å²) in [4.78, 5) is 2.75. The number of nitrogens with zero attached hydrogens (tertiary/aromatic N) is 4. The maximum absolute atomic E-state index is 8.09. The molecule has 0 radical (unpaired) electrons. The second-order valence-corrected chi connectivity index (χ2v) is 3.62. The molecule has 1 unspecified atom stereocenters. The fraction of sp³-hybridized carbons (Fsp3) is 1.00. The molecule has 1 fully saturated rings. The van der Waals surface area contributed by atoms with Crippen molar-refractivity contribution < 1.29 is 0 Å². The van der Waals surface area contributed by atoms with Crippen molar-refractivity contribution in [1.82, 2.24) is 4.67 Å². The van der Waals surface area contributed by atoms with E-state index < -0.39 is 0 Å². The van der Waals surface area contributed by atoms with E-state index in [4.69, 9.17) is 5.53 Å². The Morgan fingerprint density at radius 3 is 2.73 bits per heavy atom. The maximum Gasteiger partial charge on any atom is 0.0287 e. The summed E-state index contributed by atoms with van der Waals surface area (Å²) in [5.74, 6) is 0.614. The van der Waals surface area contributed by atoms with Crippen molar-refractivity contribution in [2.75, 3.05) is 19.6 Å². The second-order valence-electron chi connectivity index (χ2n) is 2.89. The van der Waals surface area contributed by atoms with Crippen molar-refractivity contribution in [3.8, 4) is 0 Å². The first-order valence-corrected chi connectivity index (χ1v) is 4.35. The van der Waals surface area contributed by atoms with Gasteiger partial charge in [-0.1, -0.05) is 14.5 Å². The molecule has 1 heterocycles. The number of azide groups is 1. The molecule has 1 saturated heterocycles. The van der Waals surface area contributed by atoms with E-state index in [9.17, 15) is 0 Å². The molecule has 0 aromatic rings. The first kappa shape index (κ1) is 8.79. The van der Waals surface area contributed by atoms with Crippen molar-refractivity contribution in [2.45, 2.75) is 12.8 Å². The summed E-state index contributed by atoms with van der Waals surface area (Å²) in [6, 6.07) is 0. The van der Waals surface area contributed by atoms with Gasteiger partial charge in [-0.25, -0.2) is 0 Å². The Balaban J connectivity index is 2.22. The number of hydrogen-bond donors (Lipinski definition) is 0. The van der Waals surface area contributed by atoms with Gasteiger partial charge in [-0.15, -0.1) is 0 Å². The molecule has 62 valence electrons. The lowest BCUT2D eigenvalue weighted by Crippen LogP contribution is -2.27. The summed E-state index contributed by atoms with van der Waals surface area (Å²) < 4.78 is 2.23. The molecule has 5 heteroatoms. The molecule has 0 amide bonds. The summed E-state index contributed by atoms with van der Waals surface area (Å²) >= 11 is 0. The fourth-order valence-corrected chi connectivity index (χ4v) is 1.59. The third kappa shape index (κ3) is 3.06. The van der Waals surface area contributed by atoms with Gasteiger partial charge in [0.15, 0.2) is 0 Å². The highest BCUT2D eigenvalue weighted by molar-refractivity contribution is 7.13. The van der Waals surface area contributed by atoms with Crippen LogP contribution in [0.15, 0.2) is 5.11 Å². The molecular weight excluding hydrogens is 159 g/mol. The highest BCUT2D eigenvalue weighted by Crippen LogP contribution is 2.19. The van der Waals surface area contributed by atoms with Crippen molar-refractivity contribution in [3.05, 3.63) is 10.4 Å². The normalized spacial score (nSPS) is 21.2. The van der Waals surface area contributed by atoms with Crippen LogP contribution in [0, 0.1) is 5.92 Å². The molecule has 11 heavy (non-hydrogen) atoms. The summed E-state index contributed by atoms with van der Waals surface area (Å²) in [5, 5.41) is 3.58. The Morgan fingerprint density at radius 1 is 1.55 bits per heavy atom. The van der Waals surface area contributed by atoms with E-state index in [1.807, 2.05) is 0 Å². The summed E-state index contributed by atoms with van der Waals surface area (Å²) in [6.07, 6.45) is 2.31. The van der Waals surface area contributed by atoms with Crippen molar-refractivity contribution in [2.24, 2.45) is 11.0 Å². The number of rotatable bonds is 2. The third-order valence-corrected chi connectivity index (χ3v) is 2.57. The topological polar surface area (TPSA) is 52.0 Å². The van der Waals surface area contributed by atoms with Gasteiger partial charge in [0.2, 0.25) is 0 Å². The van der Waals surface area contributed by atoms with Gasteiger partial charge < -0.3 is 0 Å². The smallest absolute Gasteiger partial charge is 0.0287 e. The molecule has 1 aliphatic rings. The summed E-state index contributed by atoms with van der Waals surface area (Å²) in [5.41, 5.74) is 8.09. The highest BCUT2D eigenvalue weighted by Gasteiger charge is 2.15. The van der Waals surface area contributed by atoms with Crippen molar-refractivity contribution in [3.63, 3.8) is 0 Å². The lowest BCUT2D eigenvalue weighted by Gasteiger charge is -2.27. The lowest BCUT2D eigenvalue weighted by molar-refractivity contribution is 0.296.